The Labute approximate surface area is 119 Å². The van der Waals surface area contributed by atoms with Crippen molar-refractivity contribution in [2.24, 2.45) is 0 Å². The first-order valence-electron chi connectivity index (χ1n) is 5.95. The van der Waals surface area contributed by atoms with Crippen LogP contribution >= 0.6 is 15.9 Å². The van der Waals surface area contributed by atoms with Crippen LogP contribution in [0.5, 0.6) is 0 Å². The molecule has 0 aliphatic carbocycles. The molecule has 100 valence electrons. The van der Waals surface area contributed by atoms with E-state index in [0.717, 1.165) is 15.7 Å². The molecule has 0 bridgehead atoms. The van der Waals surface area contributed by atoms with Gasteiger partial charge < -0.3 is 5.32 Å². The van der Waals surface area contributed by atoms with E-state index in [1.807, 2.05) is 25.1 Å². The summed E-state index contributed by atoms with van der Waals surface area (Å²) in [4.78, 5) is 0. The third kappa shape index (κ3) is 3.13. The van der Waals surface area contributed by atoms with Gasteiger partial charge in [0.15, 0.2) is 0 Å². The molecule has 0 saturated heterocycles. The van der Waals surface area contributed by atoms with Crippen molar-refractivity contribution >= 4 is 21.6 Å². The Kier molecular flexibility index (Phi) is 4.20. The van der Waals surface area contributed by atoms with Crippen molar-refractivity contribution in [1.29, 1.82) is 0 Å². The van der Waals surface area contributed by atoms with E-state index in [1.165, 1.54) is 18.2 Å². The largest absolute Gasteiger partial charge is 0.378 e. The molecule has 0 fully saturated rings. The van der Waals surface area contributed by atoms with Gasteiger partial charge in [-0.05, 0) is 49.7 Å². The predicted molar refractivity (Wildman–Crippen MR) is 77.3 cm³/mol. The van der Waals surface area contributed by atoms with Crippen molar-refractivity contribution < 1.29 is 8.78 Å². The molecule has 2 aromatic carbocycles. The van der Waals surface area contributed by atoms with E-state index >= 15 is 0 Å². The van der Waals surface area contributed by atoms with Crippen LogP contribution in [-0.4, -0.2) is 0 Å². The minimum Gasteiger partial charge on any atom is -0.378 e. The second-order valence-corrected chi connectivity index (χ2v) is 5.38. The molecule has 0 aliphatic rings. The van der Waals surface area contributed by atoms with Gasteiger partial charge >= 0.3 is 0 Å². The van der Waals surface area contributed by atoms with Crippen LogP contribution in [-0.2, 0) is 0 Å². The predicted octanol–water partition coefficient (Wildman–Crippen LogP) is 5.21. The molecule has 0 saturated carbocycles. The summed E-state index contributed by atoms with van der Waals surface area (Å²) in [6.07, 6.45) is 0. The monoisotopic (exact) mass is 325 g/mol. The Morgan fingerprint density at radius 1 is 1.11 bits per heavy atom. The van der Waals surface area contributed by atoms with Crippen LogP contribution in [0.15, 0.2) is 40.9 Å². The van der Waals surface area contributed by atoms with E-state index in [1.54, 1.807) is 6.92 Å². The molecular weight excluding hydrogens is 312 g/mol. The molecule has 2 aromatic rings. The number of halogens is 3. The number of benzene rings is 2. The standard InChI is InChI=1S/C15H14BrF2N/c1-9-8-11(16)6-7-14(9)19-10(2)15-12(17)4-3-5-13(15)18/h3-8,10,19H,1-2H3. The quantitative estimate of drug-likeness (QED) is 0.816. The van der Waals surface area contributed by atoms with Gasteiger partial charge in [0.05, 0.1) is 6.04 Å². The zero-order chi connectivity index (χ0) is 14.0. The third-order valence-corrected chi connectivity index (χ3v) is 3.49. The van der Waals surface area contributed by atoms with E-state index in [0.29, 0.717) is 0 Å². The molecule has 0 aliphatic heterocycles. The molecule has 2 rings (SSSR count). The Bertz CT molecular complexity index is 578. The van der Waals surface area contributed by atoms with E-state index in [9.17, 15) is 8.78 Å². The van der Waals surface area contributed by atoms with Crippen molar-refractivity contribution in [3.8, 4) is 0 Å². The van der Waals surface area contributed by atoms with E-state index in [-0.39, 0.29) is 5.56 Å². The summed E-state index contributed by atoms with van der Waals surface area (Å²) in [5.74, 6) is -1.07. The minimum absolute atomic E-state index is 0.0600. The summed E-state index contributed by atoms with van der Waals surface area (Å²) < 4.78 is 28.3. The highest BCUT2D eigenvalue weighted by atomic mass is 79.9. The second kappa shape index (κ2) is 5.70. The zero-order valence-corrected chi connectivity index (χ0v) is 12.3. The summed E-state index contributed by atoms with van der Waals surface area (Å²) in [5.41, 5.74) is 1.93. The lowest BCUT2D eigenvalue weighted by atomic mass is 10.1. The fourth-order valence-corrected chi connectivity index (χ4v) is 2.49. The minimum atomic E-state index is -0.533. The average Bonchev–Trinajstić information content (AvgIpc) is 2.32. The average molecular weight is 326 g/mol. The molecule has 0 amide bonds. The Balaban J connectivity index is 2.28. The Hall–Kier alpha value is -1.42. The number of aryl methyl sites for hydroxylation is 1. The molecule has 1 nitrogen and oxygen atoms in total. The fourth-order valence-electron chi connectivity index (χ4n) is 2.02. The van der Waals surface area contributed by atoms with Gasteiger partial charge in [0.2, 0.25) is 0 Å². The van der Waals surface area contributed by atoms with Crippen LogP contribution in [0, 0.1) is 18.6 Å². The van der Waals surface area contributed by atoms with Gasteiger partial charge in [-0.1, -0.05) is 22.0 Å². The van der Waals surface area contributed by atoms with Gasteiger partial charge in [-0.2, -0.15) is 0 Å². The van der Waals surface area contributed by atoms with Crippen molar-refractivity contribution in [3.63, 3.8) is 0 Å². The summed E-state index contributed by atoms with van der Waals surface area (Å²) in [6.45, 7) is 3.68. The smallest absolute Gasteiger partial charge is 0.131 e. The van der Waals surface area contributed by atoms with E-state index < -0.39 is 17.7 Å². The number of anilines is 1. The van der Waals surface area contributed by atoms with E-state index in [4.69, 9.17) is 0 Å². The zero-order valence-electron chi connectivity index (χ0n) is 10.7. The maximum Gasteiger partial charge on any atom is 0.131 e. The fraction of sp³-hybridized carbons (Fsp3) is 0.200. The highest BCUT2D eigenvalue weighted by Crippen LogP contribution is 2.27. The molecule has 1 unspecified atom stereocenters. The molecule has 0 heterocycles. The molecule has 19 heavy (non-hydrogen) atoms. The molecule has 0 spiro atoms. The van der Waals surface area contributed by atoms with Crippen molar-refractivity contribution in [3.05, 3.63) is 63.6 Å². The lowest BCUT2D eigenvalue weighted by molar-refractivity contribution is 0.544. The molecule has 1 atom stereocenters. The van der Waals surface area contributed by atoms with Crippen LogP contribution in [0.2, 0.25) is 0 Å². The van der Waals surface area contributed by atoms with Gasteiger partial charge in [-0.15, -0.1) is 0 Å². The Morgan fingerprint density at radius 2 is 1.74 bits per heavy atom. The Morgan fingerprint density at radius 3 is 2.32 bits per heavy atom. The summed E-state index contributed by atoms with van der Waals surface area (Å²) >= 11 is 3.38. The van der Waals surface area contributed by atoms with Gasteiger partial charge in [0.1, 0.15) is 11.6 Å². The number of nitrogens with one attached hydrogen (secondary N) is 1. The summed E-state index contributed by atoms with van der Waals surface area (Å²) in [7, 11) is 0. The number of hydrogen-bond donors (Lipinski definition) is 1. The number of hydrogen-bond acceptors (Lipinski definition) is 1. The summed E-state index contributed by atoms with van der Waals surface area (Å²) in [6, 6.07) is 9.18. The van der Waals surface area contributed by atoms with Crippen LogP contribution < -0.4 is 5.32 Å². The molecule has 1 N–H and O–H groups in total. The highest BCUT2D eigenvalue weighted by molar-refractivity contribution is 9.10. The first-order valence-corrected chi connectivity index (χ1v) is 6.75. The van der Waals surface area contributed by atoms with Crippen LogP contribution in [0.3, 0.4) is 0 Å². The first-order chi connectivity index (χ1) is 8.99. The van der Waals surface area contributed by atoms with Gasteiger partial charge in [0.25, 0.3) is 0 Å². The first kappa shape index (κ1) is 14.0. The van der Waals surface area contributed by atoms with Crippen molar-refractivity contribution in [1.82, 2.24) is 0 Å². The van der Waals surface area contributed by atoms with E-state index in [2.05, 4.69) is 21.2 Å². The lowest BCUT2D eigenvalue weighted by Gasteiger charge is -2.18. The molecule has 0 aromatic heterocycles. The third-order valence-electron chi connectivity index (χ3n) is 2.99. The van der Waals surface area contributed by atoms with Gasteiger partial charge in [0, 0.05) is 15.7 Å². The molecule has 4 heteroatoms. The van der Waals surface area contributed by atoms with Gasteiger partial charge in [-0.3, -0.25) is 0 Å². The highest BCUT2D eigenvalue weighted by Gasteiger charge is 2.16. The topological polar surface area (TPSA) is 12.0 Å². The normalized spacial score (nSPS) is 12.3. The van der Waals surface area contributed by atoms with Gasteiger partial charge in [-0.25, -0.2) is 8.78 Å². The lowest BCUT2D eigenvalue weighted by Crippen LogP contribution is -2.11. The molecular formula is C15H14BrF2N. The molecule has 0 radical (unpaired) electrons. The van der Waals surface area contributed by atoms with Crippen LogP contribution in [0.25, 0.3) is 0 Å². The maximum absolute atomic E-state index is 13.7. The SMILES string of the molecule is Cc1cc(Br)ccc1NC(C)c1c(F)cccc1F. The second-order valence-electron chi connectivity index (χ2n) is 4.46. The summed E-state index contributed by atoms with van der Waals surface area (Å²) in [5, 5.41) is 3.13. The maximum atomic E-state index is 13.7. The van der Waals surface area contributed by atoms with Crippen LogP contribution in [0.1, 0.15) is 24.1 Å². The van der Waals surface area contributed by atoms with Crippen molar-refractivity contribution in [2.45, 2.75) is 19.9 Å². The number of rotatable bonds is 3. The van der Waals surface area contributed by atoms with Crippen LogP contribution in [0.4, 0.5) is 14.5 Å². The van der Waals surface area contributed by atoms with Crippen molar-refractivity contribution in [2.75, 3.05) is 5.32 Å².